The average molecular weight is 426 g/mol. The number of thiazole rings is 1. The van der Waals surface area contributed by atoms with Crippen LogP contribution < -0.4 is 20.1 Å². The van der Waals surface area contributed by atoms with Crippen LogP contribution in [0, 0.1) is 6.92 Å². The van der Waals surface area contributed by atoms with Crippen molar-refractivity contribution in [2.75, 3.05) is 19.8 Å². The fourth-order valence-electron chi connectivity index (χ4n) is 2.57. The Hall–Kier alpha value is -3.13. The summed E-state index contributed by atoms with van der Waals surface area (Å²) in [7, 11) is 0. The standard InChI is InChI=1S/C22H27N5O2S/c1-3-23-22(27-16-21-25-13-17(2)30-21)26-15-18-9-10-20(24-14-18)29-12-11-28-19-7-5-4-6-8-19/h4-10,13-14H,3,11-12,15-16H2,1-2H3,(H2,23,26,27). The van der Waals surface area contributed by atoms with E-state index >= 15 is 0 Å². The molecule has 30 heavy (non-hydrogen) atoms. The van der Waals surface area contributed by atoms with Crippen molar-refractivity contribution in [2.45, 2.75) is 26.9 Å². The number of aryl methyl sites for hydroxylation is 1. The summed E-state index contributed by atoms with van der Waals surface area (Å²) in [5, 5.41) is 7.59. The molecule has 0 amide bonds. The molecule has 0 aliphatic carbocycles. The molecule has 2 N–H and O–H groups in total. The number of pyridine rings is 1. The number of nitrogens with zero attached hydrogens (tertiary/aromatic N) is 3. The fraction of sp³-hybridized carbons (Fsp3) is 0.318. The summed E-state index contributed by atoms with van der Waals surface area (Å²) in [4.78, 5) is 14.5. The minimum atomic E-state index is 0.435. The molecule has 3 rings (SSSR count). The van der Waals surface area contributed by atoms with E-state index in [4.69, 9.17) is 9.47 Å². The minimum Gasteiger partial charge on any atom is -0.490 e. The van der Waals surface area contributed by atoms with Gasteiger partial charge in [-0.25, -0.2) is 15.0 Å². The van der Waals surface area contributed by atoms with E-state index in [-0.39, 0.29) is 0 Å². The van der Waals surface area contributed by atoms with Gasteiger partial charge in [0.1, 0.15) is 24.0 Å². The number of aromatic nitrogens is 2. The van der Waals surface area contributed by atoms with Crippen LogP contribution in [0.4, 0.5) is 0 Å². The molecule has 0 saturated heterocycles. The van der Waals surface area contributed by atoms with Crippen LogP contribution in [0.5, 0.6) is 11.6 Å². The Kier molecular flexibility index (Phi) is 8.47. The van der Waals surface area contributed by atoms with Gasteiger partial charge in [0.05, 0.1) is 13.1 Å². The topological polar surface area (TPSA) is 80.7 Å². The van der Waals surface area contributed by atoms with E-state index in [9.17, 15) is 0 Å². The highest BCUT2D eigenvalue weighted by Gasteiger charge is 2.03. The van der Waals surface area contributed by atoms with Crippen LogP contribution >= 0.6 is 11.3 Å². The lowest BCUT2D eigenvalue weighted by Gasteiger charge is -2.10. The largest absolute Gasteiger partial charge is 0.490 e. The van der Waals surface area contributed by atoms with Gasteiger partial charge in [0.25, 0.3) is 0 Å². The summed E-state index contributed by atoms with van der Waals surface area (Å²) in [6.07, 6.45) is 3.67. The molecule has 0 atom stereocenters. The summed E-state index contributed by atoms with van der Waals surface area (Å²) in [6.45, 7) is 6.96. The first kappa shape index (κ1) is 21.6. The fourth-order valence-corrected chi connectivity index (χ4v) is 3.29. The zero-order chi connectivity index (χ0) is 21.0. The number of benzene rings is 1. The molecular weight excluding hydrogens is 398 g/mol. The number of guanidine groups is 1. The van der Waals surface area contributed by atoms with Crippen molar-refractivity contribution in [3.05, 3.63) is 70.3 Å². The molecule has 0 bridgehead atoms. The van der Waals surface area contributed by atoms with E-state index in [1.54, 1.807) is 17.5 Å². The zero-order valence-electron chi connectivity index (χ0n) is 17.3. The molecule has 158 valence electrons. The summed E-state index contributed by atoms with van der Waals surface area (Å²) in [6, 6.07) is 13.5. The van der Waals surface area contributed by atoms with E-state index < -0.39 is 0 Å². The molecule has 0 radical (unpaired) electrons. The highest BCUT2D eigenvalue weighted by atomic mass is 32.1. The molecule has 2 aromatic heterocycles. The maximum atomic E-state index is 5.63. The van der Waals surface area contributed by atoms with Gasteiger partial charge >= 0.3 is 0 Å². The number of rotatable bonds is 10. The Morgan fingerprint density at radius 3 is 2.53 bits per heavy atom. The highest BCUT2D eigenvalue weighted by Crippen LogP contribution is 2.11. The predicted molar refractivity (Wildman–Crippen MR) is 120 cm³/mol. The van der Waals surface area contributed by atoms with Gasteiger partial charge < -0.3 is 20.1 Å². The van der Waals surface area contributed by atoms with E-state index in [0.29, 0.717) is 32.2 Å². The first-order chi connectivity index (χ1) is 14.7. The van der Waals surface area contributed by atoms with Crippen molar-refractivity contribution in [3.8, 4) is 11.6 Å². The van der Waals surface area contributed by atoms with Gasteiger partial charge in [0.15, 0.2) is 5.96 Å². The molecule has 0 aliphatic heterocycles. The lowest BCUT2D eigenvalue weighted by molar-refractivity contribution is 0.212. The second kappa shape index (κ2) is 11.8. The Morgan fingerprint density at radius 1 is 1.00 bits per heavy atom. The van der Waals surface area contributed by atoms with E-state index in [0.717, 1.165) is 28.8 Å². The Balaban J connectivity index is 1.43. The van der Waals surface area contributed by atoms with Crippen molar-refractivity contribution in [2.24, 2.45) is 4.99 Å². The van der Waals surface area contributed by atoms with Gasteiger partial charge in [-0.2, -0.15) is 0 Å². The Morgan fingerprint density at radius 2 is 1.83 bits per heavy atom. The normalized spacial score (nSPS) is 11.2. The molecule has 8 heteroatoms. The van der Waals surface area contributed by atoms with Gasteiger partial charge in [-0.3, -0.25) is 0 Å². The van der Waals surface area contributed by atoms with Crippen LogP contribution in [0.15, 0.2) is 59.9 Å². The van der Waals surface area contributed by atoms with Crippen molar-refractivity contribution in [1.29, 1.82) is 0 Å². The number of para-hydroxylation sites is 1. The third-order valence-electron chi connectivity index (χ3n) is 3.98. The molecule has 1 aromatic carbocycles. The molecule has 2 heterocycles. The SMILES string of the molecule is CCNC(=NCc1ccc(OCCOc2ccccc2)nc1)NCc1ncc(C)s1. The van der Waals surface area contributed by atoms with Crippen molar-refractivity contribution < 1.29 is 9.47 Å². The van der Waals surface area contributed by atoms with Gasteiger partial charge in [-0.05, 0) is 31.5 Å². The molecule has 7 nitrogen and oxygen atoms in total. The number of aliphatic imine (C=N–C) groups is 1. The first-order valence-electron chi connectivity index (χ1n) is 9.92. The smallest absolute Gasteiger partial charge is 0.213 e. The molecule has 0 aliphatic rings. The number of hydrogen-bond acceptors (Lipinski definition) is 6. The molecule has 0 unspecified atom stereocenters. The van der Waals surface area contributed by atoms with Crippen LogP contribution in [0.3, 0.4) is 0 Å². The minimum absolute atomic E-state index is 0.435. The van der Waals surface area contributed by atoms with Crippen LogP contribution in [0.1, 0.15) is 22.4 Å². The van der Waals surface area contributed by atoms with E-state index in [1.165, 1.54) is 4.88 Å². The number of ether oxygens (including phenoxy) is 2. The first-order valence-corrected chi connectivity index (χ1v) is 10.7. The summed E-state index contributed by atoms with van der Waals surface area (Å²) >= 11 is 1.68. The maximum absolute atomic E-state index is 5.63. The molecule has 0 spiro atoms. The van der Waals surface area contributed by atoms with E-state index in [1.807, 2.05) is 55.6 Å². The van der Waals surface area contributed by atoms with E-state index in [2.05, 4.69) is 32.5 Å². The summed E-state index contributed by atoms with van der Waals surface area (Å²) in [5.41, 5.74) is 1.00. The monoisotopic (exact) mass is 425 g/mol. The van der Waals surface area contributed by atoms with Crippen LogP contribution in [-0.2, 0) is 13.1 Å². The lowest BCUT2D eigenvalue weighted by Crippen LogP contribution is -2.36. The molecular formula is C22H27N5O2S. The predicted octanol–water partition coefficient (Wildman–Crippen LogP) is 3.56. The lowest BCUT2D eigenvalue weighted by atomic mass is 10.3. The highest BCUT2D eigenvalue weighted by molar-refractivity contribution is 7.11. The average Bonchev–Trinajstić information content (AvgIpc) is 3.20. The second-order valence-electron chi connectivity index (χ2n) is 6.43. The zero-order valence-corrected chi connectivity index (χ0v) is 18.1. The van der Waals surface area contributed by atoms with Gasteiger partial charge in [0.2, 0.25) is 5.88 Å². The number of nitrogens with one attached hydrogen (secondary N) is 2. The van der Waals surface area contributed by atoms with Crippen LogP contribution in [0.2, 0.25) is 0 Å². The second-order valence-corrected chi connectivity index (χ2v) is 7.75. The van der Waals surface area contributed by atoms with Crippen molar-refractivity contribution in [3.63, 3.8) is 0 Å². The third-order valence-corrected chi connectivity index (χ3v) is 4.90. The number of hydrogen-bond donors (Lipinski definition) is 2. The van der Waals surface area contributed by atoms with Crippen LogP contribution in [-0.4, -0.2) is 35.7 Å². The van der Waals surface area contributed by atoms with Gasteiger partial charge in [-0.15, -0.1) is 11.3 Å². The summed E-state index contributed by atoms with van der Waals surface area (Å²) in [5.74, 6) is 2.16. The van der Waals surface area contributed by atoms with Gasteiger partial charge in [0, 0.05) is 29.9 Å². The maximum Gasteiger partial charge on any atom is 0.213 e. The Labute approximate surface area is 181 Å². The molecule has 0 fully saturated rings. The Bertz CT molecular complexity index is 913. The summed E-state index contributed by atoms with van der Waals surface area (Å²) < 4.78 is 11.2. The third kappa shape index (κ3) is 7.36. The van der Waals surface area contributed by atoms with Gasteiger partial charge in [-0.1, -0.05) is 24.3 Å². The van der Waals surface area contributed by atoms with Crippen molar-refractivity contribution >= 4 is 17.3 Å². The molecule has 0 saturated carbocycles. The van der Waals surface area contributed by atoms with Crippen LogP contribution in [0.25, 0.3) is 0 Å². The van der Waals surface area contributed by atoms with Crippen molar-refractivity contribution in [1.82, 2.24) is 20.6 Å². The molecule has 3 aromatic rings. The quantitative estimate of drug-likeness (QED) is 0.294.